The van der Waals surface area contributed by atoms with E-state index in [1.807, 2.05) is 30.3 Å². The summed E-state index contributed by atoms with van der Waals surface area (Å²) in [6.07, 6.45) is -0.156. The van der Waals surface area contributed by atoms with Gasteiger partial charge in [-0.2, -0.15) is 0 Å². The molecule has 8 nitrogen and oxygen atoms in total. The first-order chi connectivity index (χ1) is 14.5. The van der Waals surface area contributed by atoms with Gasteiger partial charge in [0.15, 0.2) is 0 Å². The van der Waals surface area contributed by atoms with Crippen LogP contribution >= 0.6 is 0 Å². The number of aliphatic hydroxyl groups excluding tert-OH is 1. The molecule has 1 heterocycles. The van der Waals surface area contributed by atoms with Crippen molar-refractivity contribution in [1.82, 2.24) is 10.6 Å². The molecule has 0 aliphatic rings. The minimum atomic E-state index is -1.10. The fraction of sp³-hybridized carbons (Fsp3) is 0.227. The van der Waals surface area contributed by atoms with Crippen LogP contribution in [0.15, 0.2) is 63.8 Å². The van der Waals surface area contributed by atoms with Gasteiger partial charge in [-0.1, -0.05) is 30.3 Å². The van der Waals surface area contributed by atoms with E-state index < -0.39 is 30.1 Å². The van der Waals surface area contributed by atoms with Crippen molar-refractivity contribution in [3.8, 4) is 5.75 Å². The van der Waals surface area contributed by atoms with Crippen molar-refractivity contribution in [2.24, 2.45) is 0 Å². The van der Waals surface area contributed by atoms with Crippen LogP contribution in [0.1, 0.15) is 11.1 Å². The van der Waals surface area contributed by atoms with E-state index in [0.29, 0.717) is 22.3 Å². The number of rotatable bonds is 8. The molecule has 0 saturated heterocycles. The maximum atomic E-state index is 12.5. The molecule has 2 aromatic carbocycles. The Kier molecular flexibility index (Phi) is 6.82. The molecule has 0 unspecified atom stereocenters. The van der Waals surface area contributed by atoms with Crippen LogP contribution in [-0.2, 0) is 22.6 Å². The lowest BCUT2D eigenvalue weighted by Gasteiger charge is -2.16. The standard InChI is InChI=1S/C22H22N2O6/c1-29-16-7-8-17-15(10-21(27)30-19(17)11-16)9-20(26)24-18(13-25)22(28)23-12-14-5-3-2-4-6-14/h2-8,10-11,18,25H,9,12-13H2,1H3,(H,23,28)(H,24,26)/t18-/m0/s1. The lowest BCUT2D eigenvalue weighted by molar-refractivity contribution is -0.129. The van der Waals surface area contributed by atoms with Gasteiger partial charge in [0.25, 0.3) is 0 Å². The fourth-order valence-electron chi connectivity index (χ4n) is 3.00. The van der Waals surface area contributed by atoms with E-state index in [4.69, 9.17) is 9.15 Å². The average molecular weight is 410 g/mol. The Morgan fingerprint density at radius 3 is 2.60 bits per heavy atom. The van der Waals surface area contributed by atoms with E-state index in [1.54, 1.807) is 18.2 Å². The number of benzene rings is 2. The summed E-state index contributed by atoms with van der Waals surface area (Å²) < 4.78 is 10.3. The second kappa shape index (κ2) is 9.71. The van der Waals surface area contributed by atoms with Gasteiger partial charge in [-0.15, -0.1) is 0 Å². The molecule has 0 radical (unpaired) electrons. The highest BCUT2D eigenvalue weighted by Gasteiger charge is 2.20. The quantitative estimate of drug-likeness (QED) is 0.480. The van der Waals surface area contributed by atoms with Crippen molar-refractivity contribution in [1.29, 1.82) is 0 Å². The Balaban J connectivity index is 1.67. The summed E-state index contributed by atoms with van der Waals surface area (Å²) in [5.74, 6) is -0.494. The number of hydrogen-bond acceptors (Lipinski definition) is 6. The molecule has 3 aromatic rings. The lowest BCUT2D eigenvalue weighted by Crippen LogP contribution is -2.49. The molecule has 0 aliphatic carbocycles. The smallest absolute Gasteiger partial charge is 0.336 e. The maximum Gasteiger partial charge on any atom is 0.336 e. The van der Waals surface area contributed by atoms with Crippen LogP contribution in [0.4, 0.5) is 0 Å². The average Bonchev–Trinajstić information content (AvgIpc) is 2.75. The summed E-state index contributed by atoms with van der Waals surface area (Å²) in [6.45, 7) is -0.278. The van der Waals surface area contributed by atoms with Crippen LogP contribution in [0.25, 0.3) is 11.0 Å². The van der Waals surface area contributed by atoms with Crippen LogP contribution in [0, 0.1) is 0 Å². The Hall–Kier alpha value is -3.65. The van der Waals surface area contributed by atoms with E-state index in [2.05, 4.69) is 10.6 Å². The largest absolute Gasteiger partial charge is 0.497 e. The van der Waals surface area contributed by atoms with Gasteiger partial charge in [0.05, 0.1) is 20.1 Å². The number of carbonyl (C=O) groups is 2. The fourth-order valence-corrected chi connectivity index (χ4v) is 3.00. The van der Waals surface area contributed by atoms with Crippen LogP contribution in [-0.4, -0.2) is 36.7 Å². The van der Waals surface area contributed by atoms with E-state index in [1.165, 1.54) is 13.2 Å². The van der Waals surface area contributed by atoms with Gasteiger partial charge >= 0.3 is 5.63 Å². The predicted molar refractivity (Wildman–Crippen MR) is 110 cm³/mol. The molecule has 3 N–H and O–H groups in total. The summed E-state index contributed by atoms with van der Waals surface area (Å²) in [5, 5.41) is 15.3. The number of ether oxygens (including phenoxy) is 1. The van der Waals surface area contributed by atoms with E-state index >= 15 is 0 Å². The molecular formula is C22H22N2O6. The maximum absolute atomic E-state index is 12.5. The second-order valence-corrected chi connectivity index (χ2v) is 6.64. The van der Waals surface area contributed by atoms with Crippen molar-refractivity contribution in [2.75, 3.05) is 13.7 Å². The van der Waals surface area contributed by atoms with Gasteiger partial charge in [0.1, 0.15) is 17.4 Å². The molecule has 0 spiro atoms. The molecule has 2 amide bonds. The van der Waals surface area contributed by atoms with Gasteiger partial charge in [-0.3, -0.25) is 9.59 Å². The zero-order valence-electron chi connectivity index (χ0n) is 16.4. The molecule has 3 rings (SSSR count). The lowest BCUT2D eigenvalue weighted by atomic mass is 10.1. The van der Waals surface area contributed by atoms with Gasteiger partial charge in [0.2, 0.25) is 11.8 Å². The van der Waals surface area contributed by atoms with Crippen molar-refractivity contribution in [3.05, 3.63) is 76.1 Å². The van der Waals surface area contributed by atoms with Gasteiger partial charge in [0, 0.05) is 24.1 Å². The van der Waals surface area contributed by atoms with Crippen LogP contribution in [0.5, 0.6) is 5.75 Å². The van der Waals surface area contributed by atoms with E-state index in [0.717, 1.165) is 5.56 Å². The number of amides is 2. The van der Waals surface area contributed by atoms with Crippen molar-refractivity contribution >= 4 is 22.8 Å². The monoisotopic (exact) mass is 410 g/mol. The van der Waals surface area contributed by atoms with Crippen LogP contribution < -0.4 is 21.0 Å². The predicted octanol–water partition coefficient (Wildman–Crippen LogP) is 1.14. The summed E-state index contributed by atoms with van der Waals surface area (Å²) >= 11 is 0. The Labute approximate surface area is 172 Å². The Bertz CT molecular complexity index is 1090. The number of nitrogens with one attached hydrogen (secondary N) is 2. The highest BCUT2D eigenvalue weighted by atomic mass is 16.5. The molecule has 156 valence electrons. The molecule has 0 saturated carbocycles. The van der Waals surface area contributed by atoms with Crippen LogP contribution in [0.2, 0.25) is 0 Å². The third-order valence-electron chi connectivity index (χ3n) is 4.53. The van der Waals surface area contributed by atoms with Gasteiger partial charge < -0.3 is 24.9 Å². The van der Waals surface area contributed by atoms with E-state index in [9.17, 15) is 19.5 Å². The third-order valence-corrected chi connectivity index (χ3v) is 4.53. The minimum absolute atomic E-state index is 0.156. The number of carbonyl (C=O) groups excluding carboxylic acids is 2. The molecule has 0 aliphatic heterocycles. The summed E-state index contributed by atoms with van der Waals surface area (Å²) in [5.41, 5.74) is 1.04. The van der Waals surface area contributed by atoms with Crippen molar-refractivity contribution in [2.45, 2.75) is 19.0 Å². The first kappa shape index (κ1) is 21.1. The molecule has 8 heteroatoms. The third kappa shape index (κ3) is 5.24. The normalized spacial score (nSPS) is 11.7. The Morgan fingerprint density at radius 1 is 1.13 bits per heavy atom. The van der Waals surface area contributed by atoms with Gasteiger partial charge in [-0.05, 0) is 23.3 Å². The molecular weight excluding hydrogens is 388 g/mol. The Morgan fingerprint density at radius 2 is 1.90 bits per heavy atom. The molecule has 1 atom stereocenters. The first-order valence-corrected chi connectivity index (χ1v) is 9.33. The van der Waals surface area contributed by atoms with E-state index in [-0.39, 0.29) is 13.0 Å². The minimum Gasteiger partial charge on any atom is -0.497 e. The topological polar surface area (TPSA) is 118 Å². The summed E-state index contributed by atoms with van der Waals surface area (Å²) in [7, 11) is 1.49. The SMILES string of the molecule is COc1ccc2c(CC(=O)N[C@@H](CO)C(=O)NCc3ccccc3)cc(=O)oc2c1. The number of fused-ring (bicyclic) bond motifs is 1. The second-order valence-electron chi connectivity index (χ2n) is 6.64. The molecule has 0 bridgehead atoms. The van der Waals surface area contributed by atoms with Crippen molar-refractivity contribution in [3.63, 3.8) is 0 Å². The number of methoxy groups -OCH3 is 1. The highest BCUT2D eigenvalue weighted by Crippen LogP contribution is 2.22. The van der Waals surface area contributed by atoms with Crippen LogP contribution in [0.3, 0.4) is 0 Å². The first-order valence-electron chi connectivity index (χ1n) is 9.33. The highest BCUT2D eigenvalue weighted by molar-refractivity contribution is 5.91. The molecule has 1 aromatic heterocycles. The number of hydrogen-bond donors (Lipinski definition) is 3. The zero-order valence-corrected chi connectivity index (χ0v) is 16.4. The van der Waals surface area contributed by atoms with Gasteiger partial charge in [-0.25, -0.2) is 4.79 Å². The molecule has 0 fully saturated rings. The zero-order chi connectivity index (χ0) is 21.5. The molecule has 30 heavy (non-hydrogen) atoms. The number of aliphatic hydroxyl groups is 1. The summed E-state index contributed by atoms with van der Waals surface area (Å²) in [4.78, 5) is 36.6. The summed E-state index contributed by atoms with van der Waals surface area (Å²) in [6, 6.07) is 14.4. The van der Waals surface area contributed by atoms with Crippen molar-refractivity contribution < 1.29 is 23.8 Å².